The van der Waals surface area contributed by atoms with Crippen LogP contribution in [0.5, 0.6) is 0 Å². The Bertz CT molecular complexity index is 913. The van der Waals surface area contributed by atoms with Gasteiger partial charge in [0.05, 0.1) is 17.3 Å². The minimum Gasteiger partial charge on any atom is -0.451 e. The van der Waals surface area contributed by atoms with Crippen LogP contribution in [0.15, 0.2) is 24.3 Å². The van der Waals surface area contributed by atoms with Gasteiger partial charge in [0.1, 0.15) is 0 Å². The van der Waals surface area contributed by atoms with Crippen molar-refractivity contribution in [2.24, 2.45) is 11.7 Å². The first-order valence-corrected chi connectivity index (χ1v) is 9.17. The highest BCUT2D eigenvalue weighted by Crippen LogP contribution is 2.17. The Balaban J connectivity index is 1.62. The van der Waals surface area contributed by atoms with E-state index in [1.54, 1.807) is 31.2 Å². The molecule has 9 nitrogen and oxygen atoms in total. The van der Waals surface area contributed by atoms with Crippen molar-refractivity contribution in [1.29, 1.82) is 0 Å². The van der Waals surface area contributed by atoms with Crippen molar-refractivity contribution in [2.45, 2.75) is 19.8 Å². The fourth-order valence-corrected chi connectivity index (χ4v) is 3.19. The molecular formula is C18H20ClN5O4. The summed E-state index contributed by atoms with van der Waals surface area (Å²) in [7, 11) is 0. The Hall–Kier alpha value is -2.94. The summed E-state index contributed by atoms with van der Waals surface area (Å²) in [6, 6.07) is 6.86. The monoisotopic (exact) mass is 405 g/mol. The van der Waals surface area contributed by atoms with Crippen LogP contribution in [0.25, 0.3) is 5.69 Å². The molecule has 2 N–H and O–H groups in total. The van der Waals surface area contributed by atoms with Crippen LogP contribution in [0.4, 0.5) is 0 Å². The molecule has 1 aromatic carbocycles. The summed E-state index contributed by atoms with van der Waals surface area (Å²) in [6.07, 6.45) is 1.34. The van der Waals surface area contributed by atoms with Crippen molar-refractivity contribution in [3.63, 3.8) is 0 Å². The molecule has 0 saturated carbocycles. The number of ether oxygens (including phenoxy) is 1. The van der Waals surface area contributed by atoms with Crippen molar-refractivity contribution in [3.8, 4) is 5.69 Å². The maximum Gasteiger partial charge on any atom is 0.361 e. The van der Waals surface area contributed by atoms with Crippen LogP contribution in [-0.4, -0.2) is 57.4 Å². The molecule has 0 spiro atoms. The molecule has 2 heterocycles. The van der Waals surface area contributed by atoms with Gasteiger partial charge in [-0.2, -0.15) is 9.90 Å². The lowest BCUT2D eigenvalue weighted by Gasteiger charge is -2.30. The van der Waals surface area contributed by atoms with E-state index < -0.39 is 18.5 Å². The quantitative estimate of drug-likeness (QED) is 0.744. The van der Waals surface area contributed by atoms with E-state index in [2.05, 4.69) is 10.2 Å². The summed E-state index contributed by atoms with van der Waals surface area (Å²) in [5.41, 5.74) is 6.29. The number of carbonyl (C=O) groups excluding carboxylic acids is 3. The second-order valence-electron chi connectivity index (χ2n) is 6.56. The molecule has 2 amide bonds. The first-order chi connectivity index (χ1) is 13.3. The Morgan fingerprint density at radius 1 is 1.32 bits per heavy atom. The predicted molar refractivity (Wildman–Crippen MR) is 99.9 cm³/mol. The van der Waals surface area contributed by atoms with E-state index in [0.717, 1.165) is 0 Å². The van der Waals surface area contributed by atoms with E-state index in [1.165, 1.54) is 9.70 Å². The minimum atomic E-state index is -0.748. The second kappa shape index (κ2) is 8.39. The molecule has 0 radical (unpaired) electrons. The summed E-state index contributed by atoms with van der Waals surface area (Å²) in [6.45, 7) is 1.93. The van der Waals surface area contributed by atoms with Gasteiger partial charge in [0.15, 0.2) is 12.3 Å². The number of hydrogen-bond acceptors (Lipinski definition) is 6. The van der Waals surface area contributed by atoms with Crippen molar-refractivity contribution < 1.29 is 19.1 Å². The molecule has 1 fully saturated rings. The molecule has 2 aromatic rings. The zero-order valence-electron chi connectivity index (χ0n) is 15.3. The minimum absolute atomic E-state index is 0.0152. The van der Waals surface area contributed by atoms with Gasteiger partial charge in [-0.15, -0.1) is 5.10 Å². The number of nitrogens with two attached hydrogens (primary N) is 1. The maximum atomic E-state index is 12.3. The lowest BCUT2D eigenvalue weighted by molar-refractivity contribution is -0.137. The number of esters is 1. The number of primary amides is 1. The number of aromatic nitrogens is 3. The summed E-state index contributed by atoms with van der Waals surface area (Å²) >= 11 is 5.96. The SMILES string of the molecule is Cc1nn(-c2cccc(Cl)c2)nc1C(=O)OCC(=O)N1CCC[C@@H](C(N)=O)C1. The number of carbonyl (C=O) groups is 3. The molecule has 1 aliphatic heterocycles. The third kappa shape index (κ3) is 4.48. The van der Waals surface area contributed by atoms with Gasteiger partial charge < -0.3 is 15.4 Å². The third-order valence-electron chi connectivity index (χ3n) is 4.52. The highest BCUT2D eigenvalue weighted by atomic mass is 35.5. The molecule has 148 valence electrons. The van der Waals surface area contributed by atoms with E-state index in [9.17, 15) is 14.4 Å². The number of piperidine rings is 1. The van der Waals surface area contributed by atoms with Crippen LogP contribution < -0.4 is 5.73 Å². The number of hydrogen-bond donors (Lipinski definition) is 1. The number of nitrogens with zero attached hydrogens (tertiary/aromatic N) is 4. The van der Waals surface area contributed by atoms with Crippen LogP contribution in [0.1, 0.15) is 29.0 Å². The second-order valence-corrected chi connectivity index (χ2v) is 7.00. The summed E-state index contributed by atoms with van der Waals surface area (Å²) < 4.78 is 5.10. The van der Waals surface area contributed by atoms with Gasteiger partial charge in [0, 0.05) is 18.1 Å². The summed E-state index contributed by atoms with van der Waals surface area (Å²) in [5.74, 6) is -1.92. The van der Waals surface area contributed by atoms with Crippen LogP contribution in [0.2, 0.25) is 5.02 Å². The van der Waals surface area contributed by atoms with E-state index in [-0.39, 0.29) is 24.1 Å². The van der Waals surface area contributed by atoms with Crippen LogP contribution in [0.3, 0.4) is 0 Å². The van der Waals surface area contributed by atoms with Gasteiger partial charge in [-0.25, -0.2) is 4.79 Å². The number of amides is 2. The Morgan fingerprint density at radius 2 is 2.11 bits per heavy atom. The van der Waals surface area contributed by atoms with Crippen molar-refractivity contribution >= 4 is 29.4 Å². The molecule has 28 heavy (non-hydrogen) atoms. The van der Waals surface area contributed by atoms with Crippen LogP contribution in [0, 0.1) is 12.8 Å². The summed E-state index contributed by atoms with van der Waals surface area (Å²) in [5, 5.41) is 8.83. The highest BCUT2D eigenvalue weighted by molar-refractivity contribution is 6.30. The zero-order chi connectivity index (χ0) is 20.3. The average Bonchev–Trinajstić information content (AvgIpc) is 3.07. The molecule has 0 unspecified atom stereocenters. The number of rotatable bonds is 5. The van der Waals surface area contributed by atoms with Crippen molar-refractivity contribution in [1.82, 2.24) is 19.9 Å². The van der Waals surface area contributed by atoms with E-state index in [0.29, 0.717) is 35.8 Å². The standard InChI is InChI=1S/C18H20ClN5O4/c1-11-16(22-24(21-11)14-6-2-5-13(19)8-14)18(27)28-10-15(25)23-7-3-4-12(9-23)17(20)26/h2,5-6,8,12H,3-4,7,9-10H2,1H3,(H2,20,26)/t12-/m1/s1. The fourth-order valence-electron chi connectivity index (χ4n) is 3.01. The van der Waals surface area contributed by atoms with Crippen LogP contribution >= 0.6 is 11.6 Å². The van der Waals surface area contributed by atoms with E-state index in [4.69, 9.17) is 22.1 Å². The number of aryl methyl sites for hydroxylation is 1. The largest absolute Gasteiger partial charge is 0.451 e. The number of halogens is 1. The van der Waals surface area contributed by atoms with Gasteiger partial charge in [0.25, 0.3) is 5.91 Å². The lowest BCUT2D eigenvalue weighted by Crippen LogP contribution is -2.45. The smallest absolute Gasteiger partial charge is 0.361 e. The Morgan fingerprint density at radius 3 is 2.82 bits per heavy atom. The topological polar surface area (TPSA) is 120 Å². The first kappa shape index (κ1) is 19.8. The summed E-state index contributed by atoms with van der Waals surface area (Å²) in [4.78, 5) is 38.7. The van der Waals surface area contributed by atoms with Crippen molar-refractivity contribution in [2.75, 3.05) is 19.7 Å². The van der Waals surface area contributed by atoms with Gasteiger partial charge in [-0.3, -0.25) is 9.59 Å². The van der Waals surface area contributed by atoms with Gasteiger partial charge in [0.2, 0.25) is 5.91 Å². The highest BCUT2D eigenvalue weighted by Gasteiger charge is 2.28. The molecule has 1 aliphatic rings. The molecule has 10 heteroatoms. The first-order valence-electron chi connectivity index (χ1n) is 8.79. The Labute approximate surface area is 166 Å². The van der Waals surface area contributed by atoms with Gasteiger partial charge >= 0.3 is 5.97 Å². The lowest BCUT2D eigenvalue weighted by atomic mass is 9.97. The average molecular weight is 406 g/mol. The molecule has 1 aromatic heterocycles. The van der Waals surface area contributed by atoms with E-state index in [1.807, 2.05) is 0 Å². The number of likely N-dealkylation sites (tertiary alicyclic amines) is 1. The Kier molecular flexibility index (Phi) is 5.93. The fraction of sp³-hybridized carbons (Fsp3) is 0.389. The van der Waals surface area contributed by atoms with Crippen molar-refractivity contribution in [3.05, 3.63) is 40.7 Å². The van der Waals surface area contributed by atoms with Crippen LogP contribution in [-0.2, 0) is 14.3 Å². The normalized spacial score (nSPS) is 16.6. The third-order valence-corrected chi connectivity index (χ3v) is 4.75. The molecule has 1 atom stereocenters. The van der Waals surface area contributed by atoms with E-state index >= 15 is 0 Å². The van der Waals surface area contributed by atoms with Gasteiger partial charge in [-0.1, -0.05) is 17.7 Å². The maximum absolute atomic E-state index is 12.3. The molecular weight excluding hydrogens is 386 g/mol. The van der Waals surface area contributed by atoms with Gasteiger partial charge in [-0.05, 0) is 38.0 Å². The number of benzene rings is 1. The predicted octanol–water partition coefficient (Wildman–Crippen LogP) is 1.11. The molecule has 0 aliphatic carbocycles. The molecule has 1 saturated heterocycles. The molecule has 3 rings (SSSR count). The molecule has 0 bridgehead atoms. The zero-order valence-corrected chi connectivity index (χ0v) is 16.1.